The maximum absolute atomic E-state index is 5.74. The van der Waals surface area contributed by atoms with Crippen LogP contribution in [-0.4, -0.2) is 21.5 Å². The largest absolute Gasteiger partial charge is 0.368 e. The summed E-state index contributed by atoms with van der Waals surface area (Å²) < 4.78 is 0. The van der Waals surface area contributed by atoms with Crippen molar-refractivity contribution in [3.05, 3.63) is 33.6 Å². The molecule has 4 nitrogen and oxygen atoms in total. The van der Waals surface area contributed by atoms with Crippen LogP contribution < -0.4 is 5.32 Å². The molecule has 0 bridgehead atoms. The van der Waals surface area contributed by atoms with E-state index in [1.165, 1.54) is 11.1 Å². The molecule has 0 atom stereocenters. The number of halogens is 1. The van der Waals surface area contributed by atoms with Gasteiger partial charge in [-0.1, -0.05) is 18.5 Å². The first-order valence-corrected chi connectivity index (χ1v) is 6.62. The molecular formula is C11H13ClN4S. The maximum Gasteiger partial charge on any atom is 0.149 e. The van der Waals surface area contributed by atoms with Crippen LogP contribution in [0.4, 0.5) is 5.82 Å². The van der Waals surface area contributed by atoms with Crippen molar-refractivity contribution in [1.82, 2.24) is 15.0 Å². The zero-order chi connectivity index (χ0) is 12.1. The predicted molar refractivity (Wildman–Crippen MR) is 70.7 cm³/mol. The number of thiazole rings is 1. The van der Waals surface area contributed by atoms with E-state index in [1.807, 2.05) is 6.20 Å². The summed E-state index contributed by atoms with van der Waals surface area (Å²) in [7, 11) is 0. The highest BCUT2D eigenvalue weighted by molar-refractivity contribution is 7.11. The molecule has 0 amide bonds. The van der Waals surface area contributed by atoms with E-state index in [0.717, 1.165) is 24.4 Å². The first-order chi connectivity index (χ1) is 8.28. The Morgan fingerprint density at radius 3 is 2.94 bits per heavy atom. The standard InChI is InChI=1S/C11H13ClN4S/c1-2-8-5-15-11(17-8)3-4-14-10-7-13-6-9(12)16-10/h5-7H,2-4H2,1H3,(H,14,16). The zero-order valence-electron chi connectivity index (χ0n) is 9.48. The van der Waals surface area contributed by atoms with Crippen molar-refractivity contribution in [2.45, 2.75) is 19.8 Å². The van der Waals surface area contributed by atoms with Crippen LogP contribution in [0.1, 0.15) is 16.8 Å². The fourth-order valence-corrected chi connectivity index (χ4v) is 2.36. The van der Waals surface area contributed by atoms with Crippen LogP contribution >= 0.6 is 22.9 Å². The average Bonchev–Trinajstić information content (AvgIpc) is 2.77. The molecule has 17 heavy (non-hydrogen) atoms. The van der Waals surface area contributed by atoms with Gasteiger partial charge in [0.2, 0.25) is 0 Å². The highest BCUT2D eigenvalue weighted by Crippen LogP contribution is 2.14. The lowest BCUT2D eigenvalue weighted by Crippen LogP contribution is -2.06. The second-order valence-corrected chi connectivity index (χ2v) is 5.06. The summed E-state index contributed by atoms with van der Waals surface area (Å²) in [6, 6.07) is 0. The minimum absolute atomic E-state index is 0.400. The van der Waals surface area contributed by atoms with Gasteiger partial charge < -0.3 is 5.32 Å². The molecule has 2 aromatic heterocycles. The van der Waals surface area contributed by atoms with Gasteiger partial charge in [-0.2, -0.15) is 0 Å². The second-order valence-electron chi connectivity index (χ2n) is 3.48. The van der Waals surface area contributed by atoms with Gasteiger partial charge in [-0.05, 0) is 6.42 Å². The van der Waals surface area contributed by atoms with E-state index in [-0.39, 0.29) is 0 Å². The van der Waals surface area contributed by atoms with Gasteiger partial charge in [-0.25, -0.2) is 9.97 Å². The van der Waals surface area contributed by atoms with Crippen molar-refractivity contribution in [3.63, 3.8) is 0 Å². The van der Waals surface area contributed by atoms with Gasteiger partial charge in [-0.3, -0.25) is 4.98 Å². The molecule has 0 aromatic carbocycles. The van der Waals surface area contributed by atoms with Gasteiger partial charge in [0.15, 0.2) is 0 Å². The molecule has 0 fully saturated rings. The molecule has 90 valence electrons. The molecule has 0 aliphatic rings. The fourth-order valence-electron chi connectivity index (χ4n) is 1.35. The third kappa shape index (κ3) is 3.64. The highest BCUT2D eigenvalue weighted by atomic mass is 35.5. The minimum atomic E-state index is 0.400. The molecule has 6 heteroatoms. The summed E-state index contributed by atoms with van der Waals surface area (Å²) >= 11 is 7.50. The molecule has 0 unspecified atom stereocenters. The maximum atomic E-state index is 5.74. The number of anilines is 1. The predicted octanol–water partition coefficient (Wildman–Crippen LogP) is 2.80. The van der Waals surface area contributed by atoms with E-state index >= 15 is 0 Å². The quantitative estimate of drug-likeness (QED) is 0.906. The minimum Gasteiger partial charge on any atom is -0.368 e. The van der Waals surface area contributed by atoms with Gasteiger partial charge in [0.1, 0.15) is 11.0 Å². The van der Waals surface area contributed by atoms with Crippen molar-refractivity contribution in [3.8, 4) is 0 Å². The third-order valence-electron chi connectivity index (χ3n) is 2.20. The number of hydrogen-bond acceptors (Lipinski definition) is 5. The third-order valence-corrected chi connectivity index (χ3v) is 3.58. The smallest absolute Gasteiger partial charge is 0.149 e. The van der Waals surface area contributed by atoms with Crippen molar-refractivity contribution < 1.29 is 0 Å². The lowest BCUT2D eigenvalue weighted by atomic mass is 10.4. The van der Waals surface area contributed by atoms with Crippen molar-refractivity contribution >= 4 is 28.8 Å². The highest BCUT2D eigenvalue weighted by Gasteiger charge is 2.01. The molecule has 0 aliphatic heterocycles. The number of hydrogen-bond donors (Lipinski definition) is 1. The van der Waals surface area contributed by atoms with E-state index in [4.69, 9.17) is 11.6 Å². The first kappa shape index (κ1) is 12.3. The molecule has 0 saturated carbocycles. The number of aryl methyl sites for hydroxylation is 1. The Kier molecular flexibility index (Phi) is 4.28. The number of rotatable bonds is 5. The molecule has 2 rings (SSSR count). The fraction of sp³-hybridized carbons (Fsp3) is 0.364. The average molecular weight is 269 g/mol. The van der Waals surface area contributed by atoms with Crippen LogP contribution in [0.2, 0.25) is 5.15 Å². The molecule has 0 spiro atoms. The van der Waals surface area contributed by atoms with Gasteiger partial charge in [0.05, 0.1) is 17.4 Å². The zero-order valence-corrected chi connectivity index (χ0v) is 11.1. The topological polar surface area (TPSA) is 50.7 Å². The molecule has 0 aliphatic carbocycles. The Morgan fingerprint density at radius 1 is 1.35 bits per heavy atom. The Hall–Kier alpha value is -1.20. The van der Waals surface area contributed by atoms with Crippen LogP contribution in [-0.2, 0) is 12.8 Å². The van der Waals surface area contributed by atoms with Crippen LogP contribution in [0, 0.1) is 0 Å². The van der Waals surface area contributed by atoms with Gasteiger partial charge in [-0.15, -0.1) is 11.3 Å². The number of nitrogens with zero attached hydrogens (tertiary/aromatic N) is 3. The SMILES string of the molecule is CCc1cnc(CCNc2cncc(Cl)n2)s1. The van der Waals surface area contributed by atoms with Crippen molar-refractivity contribution in [2.24, 2.45) is 0 Å². The van der Waals surface area contributed by atoms with Crippen LogP contribution in [0.5, 0.6) is 0 Å². The molecule has 0 radical (unpaired) electrons. The van der Waals surface area contributed by atoms with Gasteiger partial charge in [0, 0.05) is 24.0 Å². The monoisotopic (exact) mass is 268 g/mol. The van der Waals surface area contributed by atoms with E-state index in [9.17, 15) is 0 Å². The Bertz CT molecular complexity index is 486. The van der Waals surface area contributed by atoms with Crippen LogP contribution in [0.3, 0.4) is 0 Å². The van der Waals surface area contributed by atoms with Gasteiger partial charge in [0.25, 0.3) is 0 Å². The first-order valence-electron chi connectivity index (χ1n) is 5.43. The Balaban J connectivity index is 1.83. The van der Waals surface area contributed by atoms with Gasteiger partial charge >= 0.3 is 0 Å². The summed E-state index contributed by atoms with van der Waals surface area (Å²) in [6.45, 7) is 2.92. The van der Waals surface area contributed by atoms with Crippen LogP contribution in [0.25, 0.3) is 0 Å². The summed E-state index contributed by atoms with van der Waals surface area (Å²) in [5.41, 5.74) is 0. The normalized spacial score (nSPS) is 10.5. The van der Waals surface area contributed by atoms with E-state index in [2.05, 4.69) is 27.2 Å². The number of aromatic nitrogens is 3. The molecule has 2 heterocycles. The summed E-state index contributed by atoms with van der Waals surface area (Å²) in [5, 5.41) is 4.71. The van der Waals surface area contributed by atoms with E-state index in [0.29, 0.717) is 11.0 Å². The van der Waals surface area contributed by atoms with E-state index < -0.39 is 0 Å². The van der Waals surface area contributed by atoms with Crippen molar-refractivity contribution in [1.29, 1.82) is 0 Å². The lowest BCUT2D eigenvalue weighted by Gasteiger charge is -2.03. The van der Waals surface area contributed by atoms with E-state index in [1.54, 1.807) is 17.5 Å². The lowest BCUT2D eigenvalue weighted by molar-refractivity contribution is 0.981. The van der Waals surface area contributed by atoms with Crippen molar-refractivity contribution in [2.75, 3.05) is 11.9 Å². The Morgan fingerprint density at radius 2 is 2.24 bits per heavy atom. The molecule has 2 aromatic rings. The molecular weight excluding hydrogens is 256 g/mol. The summed E-state index contributed by atoms with van der Waals surface area (Å²) in [5.74, 6) is 0.699. The number of nitrogens with one attached hydrogen (secondary N) is 1. The molecule has 0 saturated heterocycles. The van der Waals surface area contributed by atoms with Crippen LogP contribution in [0.15, 0.2) is 18.6 Å². The second kappa shape index (κ2) is 5.93. The summed E-state index contributed by atoms with van der Waals surface area (Å²) in [6.07, 6.45) is 7.05. The molecule has 1 N–H and O–H groups in total. The summed E-state index contributed by atoms with van der Waals surface area (Å²) in [4.78, 5) is 13.7. The Labute approximate surface area is 109 Å².